The van der Waals surface area contributed by atoms with Crippen LogP contribution in [0.4, 0.5) is 5.13 Å². The van der Waals surface area contributed by atoms with Gasteiger partial charge in [-0.05, 0) is 12.1 Å². The van der Waals surface area contributed by atoms with Crippen molar-refractivity contribution >= 4 is 55.4 Å². The van der Waals surface area contributed by atoms with Crippen LogP contribution in [-0.2, 0) is 7.05 Å². The number of nitrogens with zero attached hydrogens (tertiary/aromatic N) is 4. The van der Waals surface area contributed by atoms with Crippen molar-refractivity contribution < 1.29 is 4.79 Å². The molecule has 0 spiro atoms. The molecule has 0 aliphatic carbocycles. The molecular formula is C15H10ClN5OS. The number of imidazole rings is 1. The maximum absolute atomic E-state index is 12.2. The van der Waals surface area contributed by atoms with Gasteiger partial charge in [0, 0.05) is 12.6 Å². The molecule has 0 aliphatic rings. The van der Waals surface area contributed by atoms with E-state index in [1.807, 2.05) is 29.8 Å². The summed E-state index contributed by atoms with van der Waals surface area (Å²) in [5, 5.41) is 3.61. The third-order valence-corrected chi connectivity index (χ3v) is 4.55. The summed E-state index contributed by atoms with van der Waals surface area (Å²) in [6.45, 7) is 0. The number of rotatable bonds is 2. The maximum Gasteiger partial charge on any atom is 0.257 e. The molecule has 0 unspecified atom stereocenters. The van der Waals surface area contributed by atoms with Gasteiger partial charge >= 0.3 is 0 Å². The number of carbonyl (C=O) groups excluding carboxylic acids is 1. The van der Waals surface area contributed by atoms with Gasteiger partial charge in [0.05, 0.1) is 6.33 Å². The first-order valence-corrected chi connectivity index (χ1v) is 7.96. The SMILES string of the molecule is Cn1cnc2c(Cl)nc3sc(NC(=O)c4ccccc4)nc3c21. The van der Waals surface area contributed by atoms with E-state index in [9.17, 15) is 4.79 Å². The zero-order chi connectivity index (χ0) is 16.0. The van der Waals surface area contributed by atoms with Crippen molar-refractivity contribution in [3.8, 4) is 0 Å². The number of hydrogen-bond donors (Lipinski definition) is 1. The first-order chi connectivity index (χ1) is 11.1. The van der Waals surface area contributed by atoms with Gasteiger partial charge < -0.3 is 4.57 Å². The molecule has 0 fully saturated rings. The molecule has 23 heavy (non-hydrogen) atoms. The van der Waals surface area contributed by atoms with Gasteiger partial charge in [-0.25, -0.2) is 15.0 Å². The second kappa shape index (κ2) is 5.29. The van der Waals surface area contributed by atoms with Crippen LogP contribution >= 0.6 is 22.9 Å². The third kappa shape index (κ3) is 2.34. The summed E-state index contributed by atoms with van der Waals surface area (Å²) in [5.74, 6) is -0.211. The van der Waals surface area contributed by atoms with E-state index >= 15 is 0 Å². The number of carbonyl (C=O) groups is 1. The van der Waals surface area contributed by atoms with Crippen LogP contribution in [0.15, 0.2) is 36.7 Å². The maximum atomic E-state index is 12.2. The molecule has 0 aliphatic heterocycles. The first-order valence-electron chi connectivity index (χ1n) is 6.77. The van der Waals surface area contributed by atoms with Gasteiger partial charge in [0.25, 0.3) is 5.91 Å². The minimum Gasteiger partial charge on any atom is -0.332 e. The molecule has 8 heteroatoms. The molecule has 0 saturated carbocycles. The fourth-order valence-corrected chi connectivity index (χ4v) is 3.47. The lowest BCUT2D eigenvalue weighted by molar-refractivity contribution is 0.102. The van der Waals surface area contributed by atoms with Crippen LogP contribution in [0.2, 0.25) is 5.15 Å². The lowest BCUT2D eigenvalue weighted by Gasteiger charge is -2.00. The van der Waals surface area contributed by atoms with Crippen molar-refractivity contribution in [3.05, 3.63) is 47.4 Å². The fourth-order valence-electron chi connectivity index (χ4n) is 2.36. The summed E-state index contributed by atoms with van der Waals surface area (Å²) in [6.07, 6.45) is 1.67. The molecule has 0 radical (unpaired) electrons. The smallest absolute Gasteiger partial charge is 0.257 e. The number of amides is 1. The van der Waals surface area contributed by atoms with Crippen molar-refractivity contribution in [1.29, 1.82) is 0 Å². The van der Waals surface area contributed by atoms with Crippen LogP contribution < -0.4 is 5.32 Å². The Morgan fingerprint density at radius 1 is 1.22 bits per heavy atom. The Bertz CT molecular complexity index is 1040. The van der Waals surface area contributed by atoms with Crippen LogP contribution in [0, 0.1) is 0 Å². The van der Waals surface area contributed by atoms with Crippen molar-refractivity contribution in [3.63, 3.8) is 0 Å². The molecule has 1 amide bonds. The van der Waals surface area contributed by atoms with E-state index in [0.717, 1.165) is 5.52 Å². The van der Waals surface area contributed by atoms with Crippen molar-refractivity contribution in [1.82, 2.24) is 19.5 Å². The second-order valence-electron chi connectivity index (χ2n) is 4.95. The van der Waals surface area contributed by atoms with Gasteiger partial charge in [0.1, 0.15) is 21.4 Å². The monoisotopic (exact) mass is 343 g/mol. The molecule has 0 saturated heterocycles. The fraction of sp³-hybridized carbons (Fsp3) is 0.0667. The summed E-state index contributed by atoms with van der Waals surface area (Å²) in [6, 6.07) is 8.98. The topological polar surface area (TPSA) is 72.7 Å². The summed E-state index contributed by atoms with van der Waals surface area (Å²) in [4.78, 5) is 25.9. The average Bonchev–Trinajstić information content (AvgIpc) is 3.12. The molecule has 0 atom stereocenters. The summed E-state index contributed by atoms with van der Waals surface area (Å²) < 4.78 is 1.84. The summed E-state index contributed by atoms with van der Waals surface area (Å²) >= 11 is 7.45. The van der Waals surface area contributed by atoms with Crippen molar-refractivity contribution in [2.75, 3.05) is 5.32 Å². The summed E-state index contributed by atoms with van der Waals surface area (Å²) in [7, 11) is 1.87. The minimum absolute atomic E-state index is 0.211. The lowest BCUT2D eigenvalue weighted by atomic mass is 10.2. The van der Waals surface area contributed by atoms with Crippen molar-refractivity contribution in [2.24, 2.45) is 7.05 Å². The Hall–Kier alpha value is -2.51. The van der Waals surface area contributed by atoms with Gasteiger partial charge in [-0.2, -0.15) is 0 Å². The zero-order valence-corrected chi connectivity index (χ0v) is 13.5. The second-order valence-corrected chi connectivity index (χ2v) is 6.28. The highest BCUT2D eigenvalue weighted by atomic mass is 35.5. The molecule has 1 aromatic carbocycles. The molecular weight excluding hydrogens is 334 g/mol. The van der Waals surface area contributed by atoms with Crippen molar-refractivity contribution in [2.45, 2.75) is 0 Å². The van der Waals surface area contributed by atoms with E-state index in [2.05, 4.69) is 20.3 Å². The third-order valence-electron chi connectivity index (χ3n) is 3.42. The van der Waals surface area contributed by atoms with Crippen LogP contribution in [0.25, 0.3) is 21.4 Å². The van der Waals surface area contributed by atoms with Crippen LogP contribution in [-0.4, -0.2) is 25.4 Å². The Morgan fingerprint density at radius 3 is 2.78 bits per heavy atom. The number of thiazole rings is 1. The van der Waals surface area contributed by atoms with Gasteiger partial charge in [0.2, 0.25) is 0 Å². The normalized spacial score (nSPS) is 11.2. The van der Waals surface area contributed by atoms with E-state index in [0.29, 0.717) is 31.7 Å². The highest BCUT2D eigenvalue weighted by Crippen LogP contribution is 2.32. The molecule has 4 aromatic rings. The van der Waals surface area contributed by atoms with E-state index < -0.39 is 0 Å². The first kappa shape index (κ1) is 14.1. The number of aromatic nitrogens is 4. The summed E-state index contributed by atoms with van der Waals surface area (Å²) in [5.41, 5.74) is 2.66. The quantitative estimate of drug-likeness (QED) is 0.565. The van der Waals surface area contributed by atoms with Crippen LogP contribution in [0.5, 0.6) is 0 Å². The molecule has 114 valence electrons. The largest absolute Gasteiger partial charge is 0.332 e. The standard InChI is InChI=1S/C15H10ClN5OS/c1-21-7-17-9-11(21)10-14(19-12(9)16)23-15(18-10)20-13(22)8-5-3-2-4-6-8/h2-7H,1H3,(H,18,20,22). The van der Waals surface area contributed by atoms with E-state index in [1.165, 1.54) is 11.3 Å². The highest BCUT2D eigenvalue weighted by Gasteiger charge is 2.17. The van der Waals surface area contributed by atoms with Gasteiger partial charge in [0.15, 0.2) is 10.3 Å². The number of aryl methyl sites for hydroxylation is 1. The lowest BCUT2D eigenvalue weighted by Crippen LogP contribution is -2.11. The van der Waals surface area contributed by atoms with Crippen LogP contribution in [0.3, 0.4) is 0 Å². The minimum atomic E-state index is -0.211. The number of anilines is 1. The average molecular weight is 344 g/mol. The number of benzene rings is 1. The Balaban J connectivity index is 1.79. The van der Waals surface area contributed by atoms with Gasteiger partial charge in [-0.1, -0.05) is 41.1 Å². The highest BCUT2D eigenvalue weighted by molar-refractivity contribution is 7.22. The molecule has 6 nitrogen and oxygen atoms in total. The van der Waals surface area contributed by atoms with E-state index in [-0.39, 0.29) is 5.91 Å². The van der Waals surface area contributed by atoms with E-state index in [1.54, 1.807) is 18.5 Å². The molecule has 4 rings (SSSR count). The zero-order valence-electron chi connectivity index (χ0n) is 11.9. The Labute approximate surface area is 139 Å². The number of fused-ring (bicyclic) bond motifs is 3. The van der Waals surface area contributed by atoms with E-state index in [4.69, 9.17) is 11.6 Å². The predicted molar refractivity (Wildman–Crippen MR) is 91.1 cm³/mol. The Kier molecular flexibility index (Phi) is 3.24. The molecule has 3 heterocycles. The number of pyridine rings is 1. The van der Waals surface area contributed by atoms with Gasteiger partial charge in [-0.15, -0.1) is 0 Å². The number of halogens is 1. The molecule has 1 N–H and O–H groups in total. The van der Waals surface area contributed by atoms with Crippen LogP contribution in [0.1, 0.15) is 10.4 Å². The van der Waals surface area contributed by atoms with Gasteiger partial charge in [-0.3, -0.25) is 10.1 Å². The predicted octanol–water partition coefficient (Wildman–Crippen LogP) is 3.48. The molecule has 0 bridgehead atoms. The number of nitrogens with one attached hydrogen (secondary N) is 1. The molecule has 3 aromatic heterocycles. The number of hydrogen-bond acceptors (Lipinski definition) is 5. The Morgan fingerprint density at radius 2 is 2.00 bits per heavy atom.